The molecule has 0 aliphatic carbocycles. The highest BCUT2D eigenvalue weighted by atomic mass is 32.1. The highest BCUT2D eigenvalue weighted by Gasteiger charge is 2.30. The summed E-state index contributed by atoms with van der Waals surface area (Å²) in [5.74, 6) is 1.93. The van der Waals surface area contributed by atoms with Crippen molar-refractivity contribution in [3.63, 3.8) is 0 Å². The first-order valence-electron chi connectivity index (χ1n) is 17.5. The van der Waals surface area contributed by atoms with Crippen molar-refractivity contribution >= 4 is 28.4 Å². The number of fused-ring (bicyclic) bond motifs is 5. The van der Waals surface area contributed by atoms with Gasteiger partial charge in [0.1, 0.15) is 11.0 Å². The fourth-order valence-electron chi connectivity index (χ4n) is 7.28. The largest absolute Gasteiger partial charge is 0.374 e. The SMILES string of the molecule is c1ccc(-c2nc(-c3ccccc3)nc(-c3ccc(-c4cccc(C5Nc6ccccc6-c6c5cc(-c5ccccc5)c5nsnc65)c4)cc3)n2)cc1. The van der Waals surface area contributed by atoms with Crippen LogP contribution in [0.2, 0.25) is 0 Å². The lowest BCUT2D eigenvalue weighted by atomic mass is 9.83. The molecule has 0 saturated carbocycles. The molecule has 1 aliphatic rings. The molecule has 2 aromatic heterocycles. The molecule has 9 aromatic rings. The zero-order valence-electron chi connectivity index (χ0n) is 28.4. The molecular weight excluding hydrogens is 669 g/mol. The average Bonchev–Trinajstić information content (AvgIpc) is 3.74. The van der Waals surface area contributed by atoms with Crippen molar-refractivity contribution in [2.45, 2.75) is 6.04 Å². The van der Waals surface area contributed by atoms with Crippen molar-refractivity contribution in [1.82, 2.24) is 23.7 Å². The number of anilines is 1. The van der Waals surface area contributed by atoms with Gasteiger partial charge in [0.05, 0.1) is 17.8 Å². The quantitative estimate of drug-likeness (QED) is 0.186. The molecule has 1 atom stereocenters. The molecular formula is C46H30N6S. The maximum atomic E-state index is 4.92. The third-order valence-corrected chi connectivity index (χ3v) is 10.4. The van der Waals surface area contributed by atoms with Crippen LogP contribution in [0, 0.1) is 0 Å². The van der Waals surface area contributed by atoms with Gasteiger partial charge in [0, 0.05) is 39.1 Å². The van der Waals surface area contributed by atoms with Gasteiger partial charge in [-0.05, 0) is 46.0 Å². The van der Waals surface area contributed by atoms with Crippen LogP contribution < -0.4 is 5.32 Å². The summed E-state index contributed by atoms with van der Waals surface area (Å²) < 4.78 is 9.67. The summed E-state index contributed by atoms with van der Waals surface area (Å²) in [7, 11) is 0. The molecule has 0 radical (unpaired) electrons. The van der Waals surface area contributed by atoms with Crippen LogP contribution in [0.15, 0.2) is 170 Å². The molecule has 6 nitrogen and oxygen atoms in total. The van der Waals surface area contributed by atoms with Crippen molar-refractivity contribution in [3.8, 4) is 67.5 Å². The predicted molar refractivity (Wildman–Crippen MR) is 215 cm³/mol. The summed E-state index contributed by atoms with van der Waals surface area (Å²) >= 11 is 1.27. The standard InChI is InChI=1S/C46H30N6S/c1-4-13-30(14-5-1)37-28-38-40(43-42(37)51-53-52-43)36-21-10-11-22-39(36)47-41(38)35-20-12-19-34(27-35)29-23-25-33(26-24-29)46-49-44(31-15-6-2-7-16-31)48-45(50-46)32-17-8-3-9-18-32/h1-28,41,47H. The smallest absolute Gasteiger partial charge is 0.164 e. The Bertz CT molecular complexity index is 2690. The number of nitrogens with zero attached hydrogens (tertiary/aromatic N) is 5. The number of rotatable bonds is 6. The van der Waals surface area contributed by atoms with E-state index in [9.17, 15) is 0 Å². The zero-order valence-corrected chi connectivity index (χ0v) is 29.2. The van der Waals surface area contributed by atoms with Crippen LogP contribution in [0.3, 0.4) is 0 Å². The first-order chi connectivity index (χ1) is 26.3. The summed E-state index contributed by atoms with van der Waals surface area (Å²) in [6.07, 6.45) is 0. The fraction of sp³-hybridized carbons (Fsp3) is 0.0217. The lowest BCUT2D eigenvalue weighted by Gasteiger charge is -2.31. The number of benzene rings is 7. The molecule has 0 bridgehead atoms. The molecule has 7 heteroatoms. The normalized spacial score (nSPS) is 13.2. The number of hydrogen-bond acceptors (Lipinski definition) is 7. The van der Waals surface area contributed by atoms with Gasteiger partial charge < -0.3 is 5.32 Å². The van der Waals surface area contributed by atoms with Crippen LogP contribution >= 0.6 is 11.7 Å². The van der Waals surface area contributed by atoms with Crippen molar-refractivity contribution in [2.75, 3.05) is 5.32 Å². The monoisotopic (exact) mass is 698 g/mol. The van der Waals surface area contributed by atoms with Gasteiger partial charge in [0.15, 0.2) is 17.5 Å². The summed E-state index contributed by atoms with van der Waals surface area (Å²) in [5, 5.41) is 3.88. The van der Waals surface area contributed by atoms with Gasteiger partial charge >= 0.3 is 0 Å². The summed E-state index contributed by atoms with van der Waals surface area (Å²) in [5.41, 5.74) is 14.9. The lowest BCUT2D eigenvalue weighted by molar-refractivity contribution is 0.932. The lowest BCUT2D eigenvalue weighted by Crippen LogP contribution is -2.18. The minimum atomic E-state index is -0.0919. The highest BCUT2D eigenvalue weighted by molar-refractivity contribution is 7.00. The Morgan fingerprint density at radius 3 is 1.60 bits per heavy atom. The van der Waals surface area contributed by atoms with E-state index in [4.69, 9.17) is 23.7 Å². The predicted octanol–water partition coefficient (Wildman–Crippen LogP) is 11.4. The molecule has 10 rings (SSSR count). The summed E-state index contributed by atoms with van der Waals surface area (Å²) in [6.45, 7) is 0. The molecule has 0 saturated heterocycles. The van der Waals surface area contributed by atoms with Gasteiger partial charge in [-0.25, -0.2) is 15.0 Å². The Hall–Kier alpha value is -6.83. The van der Waals surface area contributed by atoms with Gasteiger partial charge in [-0.2, -0.15) is 8.75 Å². The summed E-state index contributed by atoms with van der Waals surface area (Å²) in [4.78, 5) is 14.7. The number of para-hydroxylation sites is 1. The van der Waals surface area contributed by atoms with Crippen LogP contribution in [0.5, 0.6) is 0 Å². The molecule has 0 spiro atoms. The van der Waals surface area contributed by atoms with Crippen LogP contribution in [-0.2, 0) is 0 Å². The Kier molecular flexibility index (Phi) is 7.62. The second-order valence-electron chi connectivity index (χ2n) is 13.1. The molecule has 0 fully saturated rings. The van der Waals surface area contributed by atoms with E-state index in [2.05, 4.69) is 108 Å². The third-order valence-electron chi connectivity index (χ3n) is 9.86. The summed E-state index contributed by atoms with van der Waals surface area (Å²) in [6, 6.07) is 58.6. The van der Waals surface area contributed by atoms with E-state index in [0.29, 0.717) is 17.5 Å². The molecule has 1 unspecified atom stereocenters. The molecule has 1 N–H and O–H groups in total. The van der Waals surface area contributed by atoms with Crippen LogP contribution in [-0.4, -0.2) is 23.7 Å². The Morgan fingerprint density at radius 1 is 0.415 bits per heavy atom. The topological polar surface area (TPSA) is 76.5 Å². The molecule has 250 valence electrons. The van der Waals surface area contributed by atoms with Gasteiger partial charge in [0.2, 0.25) is 0 Å². The van der Waals surface area contributed by atoms with Gasteiger partial charge in [0.25, 0.3) is 0 Å². The third kappa shape index (κ3) is 5.64. The van der Waals surface area contributed by atoms with E-state index in [1.54, 1.807) is 0 Å². The van der Waals surface area contributed by atoms with E-state index in [1.807, 2.05) is 66.7 Å². The highest BCUT2D eigenvalue weighted by Crippen LogP contribution is 2.48. The number of hydrogen-bond donors (Lipinski definition) is 1. The van der Waals surface area contributed by atoms with Crippen LogP contribution in [0.1, 0.15) is 17.2 Å². The first kappa shape index (κ1) is 30.9. The minimum absolute atomic E-state index is 0.0919. The Balaban J connectivity index is 1.04. The van der Waals surface area contributed by atoms with E-state index in [1.165, 1.54) is 22.9 Å². The molecule has 1 aliphatic heterocycles. The average molecular weight is 699 g/mol. The van der Waals surface area contributed by atoms with Gasteiger partial charge in [-0.1, -0.05) is 152 Å². The van der Waals surface area contributed by atoms with Crippen molar-refractivity contribution in [1.29, 1.82) is 0 Å². The molecule has 3 heterocycles. The second-order valence-corrected chi connectivity index (χ2v) is 13.6. The Labute approximate surface area is 310 Å². The molecule has 7 aromatic carbocycles. The Morgan fingerprint density at radius 2 is 0.943 bits per heavy atom. The molecule has 53 heavy (non-hydrogen) atoms. The van der Waals surface area contributed by atoms with Crippen LogP contribution in [0.25, 0.3) is 78.6 Å². The first-order valence-corrected chi connectivity index (χ1v) is 18.3. The fourth-order valence-corrected chi connectivity index (χ4v) is 7.85. The van der Waals surface area contributed by atoms with Crippen LogP contribution in [0.4, 0.5) is 5.69 Å². The van der Waals surface area contributed by atoms with Crippen molar-refractivity contribution in [3.05, 3.63) is 181 Å². The maximum absolute atomic E-state index is 4.92. The van der Waals surface area contributed by atoms with Crippen molar-refractivity contribution in [2.24, 2.45) is 0 Å². The minimum Gasteiger partial charge on any atom is -0.374 e. The number of aromatic nitrogens is 5. The van der Waals surface area contributed by atoms with E-state index in [-0.39, 0.29) is 6.04 Å². The molecule has 0 amide bonds. The number of nitrogens with one attached hydrogen (secondary N) is 1. The van der Waals surface area contributed by atoms with Crippen molar-refractivity contribution < 1.29 is 0 Å². The maximum Gasteiger partial charge on any atom is 0.164 e. The van der Waals surface area contributed by atoms with E-state index < -0.39 is 0 Å². The van der Waals surface area contributed by atoms with Gasteiger partial charge in [-0.15, -0.1) is 0 Å². The second kappa shape index (κ2) is 13.1. The van der Waals surface area contributed by atoms with Gasteiger partial charge in [-0.3, -0.25) is 0 Å². The zero-order chi connectivity index (χ0) is 35.1. The van der Waals surface area contributed by atoms with E-state index >= 15 is 0 Å². The van der Waals surface area contributed by atoms with E-state index in [0.717, 1.165) is 66.8 Å².